The second-order valence-electron chi connectivity index (χ2n) is 18.2. The molecule has 1 unspecified atom stereocenters. The van der Waals surface area contributed by atoms with E-state index in [0.29, 0.717) is 52.2 Å². The number of rotatable bonds is 11. The highest BCUT2D eigenvalue weighted by Gasteiger charge is 2.64. The first-order valence-electron chi connectivity index (χ1n) is 21.5. The molecule has 3 saturated heterocycles. The molecule has 16 nitrogen and oxygen atoms in total. The number of anilines is 1. The highest BCUT2D eigenvalue weighted by atomic mass is 35.5. The lowest BCUT2D eigenvalue weighted by Gasteiger charge is -2.63. The van der Waals surface area contributed by atoms with Crippen molar-refractivity contribution in [3.05, 3.63) is 87.2 Å². The summed E-state index contributed by atoms with van der Waals surface area (Å²) in [6.45, 7) is 14.1. The Morgan fingerprint density at radius 3 is 2.27 bits per heavy atom. The molecule has 4 aliphatic rings. The maximum Gasteiger partial charge on any atom is 0.278 e. The number of amides is 4. The zero-order valence-corrected chi connectivity index (χ0v) is 36.7. The van der Waals surface area contributed by atoms with Gasteiger partial charge in [-0.2, -0.15) is 9.94 Å². The third-order valence-corrected chi connectivity index (χ3v) is 13.6. The van der Waals surface area contributed by atoms with Gasteiger partial charge in [0.15, 0.2) is 6.61 Å². The number of carbonyl (C=O) groups excluding carboxylic acids is 4. The van der Waals surface area contributed by atoms with Crippen LogP contribution in [0.2, 0.25) is 5.02 Å². The summed E-state index contributed by atoms with van der Waals surface area (Å²) in [5.74, 6) is 0.171. The first-order valence-corrected chi connectivity index (χ1v) is 21.9. The van der Waals surface area contributed by atoms with E-state index in [0.717, 1.165) is 55.9 Å². The largest absolute Gasteiger partial charge is 0.489 e. The highest BCUT2D eigenvalue weighted by Crippen LogP contribution is 2.55. The van der Waals surface area contributed by atoms with Crippen LogP contribution >= 0.6 is 11.6 Å². The summed E-state index contributed by atoms with van der Waals surface area (Å²) in [4.78, 5) is 70.5. The van der Waals surface area contributed by atoms with E-state index >= 15 is 0 Å². The van der Waals surface area contributed by atoms with Crippen molar-refractivity contribution in [1.29, 1.82) is 5.26 Å². The van der Waals surface area contributed by atoms with E-state index in [4.69, 9.17) is 21.1 Å². The number of hydrogen-bond donors (Lipinski definition) is 2. The summed E-state index contributed by atoms with van der Waals surface area (Å²) in [5, 5.41) is 23.3. The molecule has 0 spiro atoms. The molecule has 17 heteroatoms. The van der Waals surface area contributed by atoms with Crippen molar-refractivity contribution < 1.29 is 28.7 Å². The van der Waals surface area contributed by atoms with E-state index in [1.165, 1.54) is 6.07 Å². The van der Waals surface area contributed by atoms with Gasteiger partial charge in [0.25, 0.3) is 23.3 Å². The van der Waals surface area contributed by atoms with E-state index in [1.54, 1.807) is 30.3 Å². The molecule has 3 aromatic carbocycles. The molecule has 4 heterocycles. The zero-order valence-electron chi connectivity index (χ0n) is 35.9. The summed E-state index contributed by atoms with van der Waals surface area (Å²) in [6, 6.07) is 18.6. The topological polar surface area (TPSA) is 192 Å². The van der Waals surface area contributed by atoms with Crippen LogP contribution in [-0.4, -0.2) is 113 Å². The number of benzene rings is 3. The zero-order chi connectivity index (χ0) is 44.6. The second kappa shape index (κ2) is 17.6. The number of carbonyl (C=O) groups is 4. The van der Waals surface area contributed by atoms with Crippen molar-refractivity contribution in [2.24, 2.45) is 16.7 Å². The summed E-state index contributed by atoms with van der Waals surface area (Å²) >= 11 is 6.25. The molecular formula is C46H52ClN9O7. The quantitative estimate of drug-likeness (QED) is 0.203. The molecule has 1 aromatic heterocycles. The minimum Gasteiger partial charge on any atom is -0.489 e. The molecule has 1 aliphatic carbocycles. The van der Waals surface area contributed by atoms with Crippen LogP contribution in [-0.2, 0) is 14.4 Å². The number of aromatic nitrogens is 3. The van der Waals surface area contributed by atoms with Crippen LogP contribution in [0.25, 0.3) is 10.9 Å². The maximum atomic E-state index is 13.5. The van der Waals surface area contributed by atoms with Crippen LogP contribution in [0, 0.1) is 28.1 Å². The maximum absolute atomic E-state index is 13.5. The molecule has 1 atom stereocenters. The first-order chi connectivity index (χ1) is 30.1. The fourth-order valence-electron chi connectivity index (χ4n) is 10.0. The molecule has 8 rings (SSSR count). The summed E-state index contributed by atoms with van der Waals surface area (Å²) in [7, 11) is 0. The van der Waals surface area contributed by atoms with Crippen LogP contribution < -0.4 is 30.6 Å². The summed E-state index contributed by atoms with van der Waals surface area (Å²) < 4.78 is 13.2. The van der Waals surface area contributed by atoms with Crippen LogP contribution in [0.3, 0.4) is 0 Å². The van der Waals surface area contributed by atoms with Gasteiger partial charge in [0.05, 0.1) is 16.0 Å². The molecule has 0 bridgehead atoms. The lowest BCUT2D eigenvalue weighted by molar-refractivity contribution is -0.164. The average molecular weight is 878 g/mol. The van der Waals surface area contributed by atoms with Gasteiger partial charge in [0.1, 0.15) is 35.2 Å². The van der Waals surface area contributed by atoms with Gasteiger partial charge in [-0.25, -0.2) is 0 Å². The Balaban J connectivity index is 0.761. The molecule has 0 radical (unpaired) electrons. The lowest BCUT2D eigenvalue weighted by Crippen LogP contribution is -2.74. The van der Waals surface area contributed by atoms with Gasteiger partial charge >= 0.3 is 0 Å². The minimum absolute atomic E-state index is 0.101. The first kappa shape index (κ1) is 43.6. The van der Waals surface area contributed by atoms with Crippen molar-refractivity contribution in [2.75, 3.05) is 57.3 Å². The van der Waals surface area contributed by atoms with Crippen LogP contribution in [0.5, 0.6) is 11.5 Å². The van der Waals surface area contributed by atoms with E-state index in [-0.39, 0.29) is 59.6 Å². The molecule has 330 valence electrons. The molecule has 1 saturated carbocycles. The number of nitrogens with zero attached hydrogens (tertiary/aromatic N) is 7. The van der Waals surface area contributed by atoms with E-state index < -0.39 is 23.4 Å². The Labute approximate surface area is 370 Å². The Kier molecular flexibility index (Phi) is 12.2. The monoisotopic (exact) mass is 877 g/mol. The number of fused-ring (bicyclic) bond motifs is 1. The van der Waals surface area contributed by atoms with Gasteiger partial charge in [0, 0.05) is 86.4 Å². The van der Waals surface area contributed by atoms with Gasteiger partial charge in [-0.3, -0.25) is 34.2 Å². The number of imide groups is 1. The van der Waals surface area contributed by atoms with Crippen molar-refractivity contribution >= 4 is 51.8 Å². The molecule has 63 heavy (non-hydrogen) atoms. The standard InChI is InChI=1S/C46H52ClN9O7/c1-45(2)43(46(3,4)44(45)63-33-10-7-30(25-48)35(47)24-33)50-40(59)29-5-8-31(9-6-29)54-21-19-53(20-22-54)26-28-15-17-55(18-16-28)39(58)27-62-32-11-12-36-34(23-32)42(61)56(52-51-36)37-13-14-38(57)49-41(37)60/h5-12,23-24,28,37,43-44H,13-22,26-27H2,1-4H3,(H,50,59)(H,49,57,60)/t37?,43-,44-. The number of hydrogen-bond acceptors (Lipinski definition) is 12. The molecule has 4 aromatic rings. The number of ether oxygens (including phenoxy) is 2. The number of halogens is 1. The van der Waals surface area contributed by atoms with Gasteiger partial charge in [0.2, 0.25) is 5.91 Å². The van der Waals surface area contributed by atoms with Crippen molar-refractivity contribution in [3.8, 4) is 17.6 Å². The Morgan fingerprint density at radius 2 is 1.60 bits per heavy atom. The van der Waals surface area contributed by atoms with E-state index in [9.17, 15) is 29.2 Å². The average Bonchev–Trinajstić information content (AvgIpc) is 3.27. The Morgan fingerprint density at radius 1 is 0.905 bits per heavy atom. The van der Waals surface area contributed by atoms with Crippen molar-refractivity contribution in [1.82, 2.24) is 35.4 Å². The lowest BCUT2D eigenvalue weighted by atomic mass is 9.49. The summed E-state index contributed by atoms with van der Waals surface area (Å²) in [6.07, 6.45) is 1.87. The van der Waals surface area contributed by atoms with E-state index in [2.05, 4.69) is 64.5 Å². The number of nitriles is 1. The molecule has 4 fully saturated rings. The number of piperidine rings is 2. The van der Waals surface area contributed by atoms with Gasteiger partial charge in [-0.15, -0.1) is 5.10 Å². The minimum atomic E-state index is -0.932. The number of likely N-dealkylation sites (tertiary alicyclic amines) is 1. The smallest absolute Gasteiger partial charge is 0.278 e. The van der Waals surface area contributed by atoms with Crippen molar-refractivity contribution in [3.63, 3.8) is 0 Å². The van der Waals surface area contributed by atoms with E-state index in [1.807, 2.05) is 29.2 Å². The SMILES string of the molecule is CC1(C)[C@H](NC(=O)c2ccc(N3CCN(CC4CCN(C(=O)COc5ccc6nnn(C7CCC(=O)NC7=O)c(=O)c6c5)CC4)CC3)cc2)C(C)(C)[C@H]1Oc1ccc(C#N)c(Cl)c1. The third kappa shape index (κ3) is 8.94. The summed E-state index contributed by atoms with van der Waals surface area (Å²) in [5.41, 5.74) is 1.16. The van der Waals surface area contributed by atoms with Gasteiger partial charge < -0.3 is 24.6 Å². The normalized spacial score (nSPS) is 22.4. The fourth-order valence-corrected chi connectivity index (χ4v) is 10.2. The number of piperazine rings is 1. The van der Waals surface area contributed by atoms with Crippen LogP contribution in [0.15, 0.2) is 65.5 Å². The molecule has 3 aliphatic heterocycles. The van der Waals surface area contributed by atoms with Crippen LogP contribution in [0.1, 0.15) is 75.3 Å². The molecule has 4 amide bonds. The third-order valence-electron chi connectivity index (χ3n) is 13.3. The fraction of sp³-hybridized carbons (Fsp3) is 0.478. The van der Waals surface area contributed by atoms with Gasteiger partial charge in [-0.1, -0.05) is 44.5 Å². The predicted octanol–water partition coefficient (Wildman–Crippen LogP) is 4.35. The predicted molar refractivity (Wildman–Crippen MR) is 235 cm³/mol. The second-order valence-corrected chi connectivity index (χ2v) is 18.6. The van der Waals surface area contributed by atoms with Crippen molar-refractivity contribution in [2.45, 2.75) is 71.6 Å². The number of nitrogens with one attached hydrogen (secondary N) is 2. The molecule has 2 N–H and O–H groups in total. The molecular weight excluding hydrogens is 826 g/mol. The van der Waals surface area contributed by atoms with Crippen LogP contribution in [0.4, 0.5) is 5.69 Å². The Bertz CT molecular complexity index is 2510. The Hall–Kier alpha value is -6.05. The van der Waals surface area contributed by atoms with Gasteiger partial charge in [-0.05, 0) is 79.8 Å². The highest BCUT2D eigenvalue weighted by molar-refractivity contribution is 6.31.